The van der Waals surface area contributed by atoms with Crippen molar-refractivity contribution < 1.29 is 9.13 Å². The highest BCUT2D eigenvalue weighted by Gasteiger charge is 2.11. The van der Waals surface area contributed by atoms with Gasteiger partial charge >= 0.3 is 0 Å². The molecule has 1 aliphatic heterocycles. The van der Waals surface area contributed by atoms with Gasteiger partial charge in [-0.2, -0.15) is 0 Å². The molecule has 0 aliphatic carbocycles. The zero-order chi connectivity index (χ0) is 11.9. The molecule has 1 atom stereocenters. The standard InChI is InChI=1S/C13H19FN2O/c14-12-3-1-11(2-4-12)9-15-6-5-13-10-16-7-8-17-13/h1-4,13,15-16H,5-10H2. The van der Waals surface area contributed by atoms with Crippen LogP contribution < -0.4 is 10.6 Å². The highest BCUT2D eigenvalue weighted by atomic mass is 19.1. The Balaban J connectivity index is 1.60. The average molecular weight is 238 g/mol. The molecule has 0 bridgehead atoms. The molecule has 1 fully saturated rings. The molecular weight excluding hydrogens is 219 g/mol. The lowest BCUT2D eigenvalue weighted by Gasteiger charge is -2.23. The van der Waals surface area contributed by atoms with E-state index < -0.39 is 0 Å². The van der Waals surface area contributed by atoms with E-state index in [2.05, 4.69) is 10.6 Å². The largest absolute Gasteiger partial charge is 0.376 e. The highest BCUT2D eigenvalue weighted by Crippen LogP contribution is 2.03. The van der Waals surface area contributed by atoms with Crippen molar-refractivity contribution in [1.82, 2.24) is 10.6 Å². The van der Waals surface area contributed by atoms with E-state index in [9.17, 15) is 4.39 Å². The van der Waals surface area contributed by atoms with Crippen LogP contribution >= 0.6 is 0 Å². The van der Waals surface area contributed by atoms with Crippen LogP contribution in [0.25, 0.3) is 0 Å². The number of halogens is 1. The summed E-state index contributed by atoms with van der Waals surface area (Å²) in [6.07, 6.45) is 1.33. The smallest absolute Gasteiger partial charge is 0.123 e. The van der Waals surface area contributed by atoms with Gasteiger partial charge < -0.3 is 15.4 Å². The first-order valence-electron chi connectivity index (χ1n) is 6.12. The summed E-state index contributed by atoms with van der Waals surface area (Å²) in [5.41, 5.74) is 1.11. The summed E-state index contributed by atoms with van der Waals surface area (Å²) < 4.78 is 18.3. The van der Waals surface area contributed by atoms with Crippen molar-refractivity contribution in [3.8, 4) is 0 Å². The van der Waals surface area contributed by atoms with Crippen LogP contribution in [0.3, 0.4) is 0 Å². The summed E-state index contributed by atoms with van der Waals surface area (Å²) in [7, 11) is 0. The summed E-state index contributed by atoms with van der Waals surface area (Å²) in [6.45, 7) is 4.41. The number of morpholine rings is 1. The number of hydrogen-bond donors (Lipinski definition) is 2. The van der Waals surface area contributed by atoms with Gasteiger partial charge in [-0.05, 0) is 30.7 Å². The summed E-state index contributed by atoms with van der Waals surface area (Å²) in [5.74, 6) is -0.185. The van der Waals surface area contributed by atoms with Crippen LogP contribution in [0.5, 0.6) is 0 Å². The first-order valence-corrected chi connectivity index (χ1v) is 6.12. The van der Waals surface area contributed by atoms with E-state index in [1.54, 1.807) is 12.1 Å². The third kappa shape index (κ3) is 4.42. The van der Waals surface area contributed by atoms with Gasteiger partial charge in [0.1, 0.15) is 5.82 Å². The van der Waals surface area contributed by atoms with Crippen molar-refractivity contribution in [2.45, 2.75) is 19.1 Å². The molecular formula is C13H19FN2O. The fraction of sp³-hybridized carbons (Fsp3) is 0.538. The highest BCUT2D eigenvalue weighted by molar-refractivity contribution is 5.15. The summed E-state index contributed by atoms with van der Waals surface area (Å²) in [5, 5.41) is 6.64. The third-order valence-corrected chi connectivity index (χ3v) is 2.89. The summed E-state index contributed by atoms with van der Waals surface area (Å²) in [6, 6.07) is 6.60. The molecule has 1 heterocycles. The Kier molecular flexibility index (Phi) is 4.91. The van der Waals surface area contributed by atoms with Crippen molar-refractivity contribution in [2.24, 2.45) is 0 Å². The van der Waals surface area contributed by atoms with Crippen molar-refractivity contribution in [2.75, 3.05) is 26.2 Å². The number of benzene rings is 1. The monoisotopic (exact) mass is 238 g/mol. The van der Waals surface area contributed by atoms with E-state index in [1.165, 1.54) is 12.1 Å². The first kappa shape index (κ1) is 12.5. The van der Waals surface area contributed by atoms with Gasteiger partial charge in [-0.3, -0.25) is 0 Å². The molecule has 2 N–H and O–H groups in total. The number of hydrogen-bond acceptors (Lipinski definition) is 3. The predicted molar refractivity (Wildman–Crippen MR) is 65.3 cm³/mol. The molecule has 0 aromatic heterocycles. The normalized spacial score (nSPS) is 20.4. The topological polar surface area (TPSA) is 33.3 Å². The Morgan fingerprint density at radius 1 is 1.35 bits per heavy atom. The van der Waals surface area contributed by atoms with Gasteiger partial charge in [-0.15, -0.1) is 0 Å². The maximum absolute atomic E-state index is 12.7. The maximum atomic E-state index is 12.7. The molecule has 17 heavy (non-hydrogen) atoms. The lowest BCUT2D eigenvalue weighted by Crippen LogP contribution is -2.39. The zero-order valence-corrected chi connectivity index (χ0v) is 9.92. The minimum atomic E-state index is -0.185. The lowest BCUT2D eigenvalue weighted by atomic mass is 10.2. The molecule has 1 aromatic rings. The van der Waals surface area contributed by atoms with E-state index in [0.717, 1.165) is 44.8 Å². The van der Waals surface area contributed by atoms with Gasteiger partial charge in [0, 0.05) is 19.6 Å². The Morgan fingerprint density at radius 2 is 2.18 bits per heavy atom. The van der Waals surface area contributed by atoms with Gasteiger partial charge in [0.2, 0.25) is 0 Å². The fourth-order valence-corrected chi connectivity index (χ4v) is 1.90. The molecule has 1 aliphatic rings. The molecule has 2 rings (SSSR count). The summed E-state index contributed by atoms with van der Waals surface area (Å²) in [4.78, 5) is 0. The van der Waals surface area contributed by atoms with Crippen LogP contribution in [0.1, 0.15) is 12.0 Å². The molecule has 1 aromatic carbocycles. The maximum Gasteiger partial charge on any atom is 0.123 e. The number of rotatable bonds is 5. The van der Waals surface area contributed by atoms with Gasteiger partial charge in [0.05, 0.1) is 12.7 Å². The Labute approximate surface area is 101 Å². The van der Waals surface area contributed by atoms with Gasteiger partial charge in [0.25, 0.3) is 0 Å². The zero-order valence-electron chi connectivity index (χ0n) is 9.92. The second-order valence-electron chi connectivity index (χ2n) is 4.29. The van der Waals surface area contributed by atoms with Gasteiger partial charge in [-0.25, -0.2) is 4.39 Å². The Hall–Kier alpha value is -0.970. The molecule has 94 valence electrons. The predicted octanol–water partition coefficient (Wildman–Crippen LogP) is 1.29. The molecule has 0 saturated carbocycles. The SMILES string of the molecule is Fc1ccc(CNCCC2CNCCO2)cc1. The Bertz CT molecular complexity index is 323. The quantitative estimate of drug-likeness (QED) is 0.758. The van der Waals surface area contributed by atoms with Crippen LogP contribution in [-0.2, 0) is 11.3 Å². The van der Waals surface area contributed by atoms with Crippen LogP contribution in [0, 0.1) is 5.82 Å². The van der Waals surface area contributed by atoms with Crippen molar-refractivity contribution in [1.29, 1.82) is 0 Å². The minimum Gasteiger partial charge on any atom is -0.376 e. The Morgan fingerprint density at radius 3 is 2.88 bits per heavy atom. The molecule has 3 nitrogen and oxygen atoms in total. The molecule has 1 unspecified atom stereocenters. The lowest BCUT2D eigenvalue weighted by molar-refractivity contribution is 0.0238. The van der Waals surface area contributed by atoms with Crippen LogP contribution in [0.4, 0.5) is 4.39 Å². The van der Waals surface area contributed by atoms with E-state index in [-0.39, 0.29) is 5.82 Å². The van der Waals surface area contributed by atoms with Gasteiger partial charge in [0.15, 0.2) is 0 Å². The van der Waals surface area contributed by atoms with E-state index >= 15 is 0 Å². The first-order chi connectivity index (χ1) is 8.34. The number of nitrogens with one attached hydrogen (secondary N) is 2. The van der Waals surface area contributed by atoms with Crippen LogP contribution in [0.2, 0.25) is 0 Å². The van der Waals surface area contributed by atoms with Crippen molar-refractivity contribution >= 4 is 0 Å². The van der Waals surface area contributed by atoms with E-state index in [1.807, 2.05) is 0 Å². The van der Waals surface area contributed by atoms with Crippen LogP contribution in [0.15, 0.2) is 24.3 Å². The molecule has 4 heteroatoms. The third-order valence-electron chi connectivity index (χ3n) is 2.89. The average Bonchev–Trinajstić information content (AvgIpc) is 2.38. The van der Waals surface area contributed by atoms with Crippen LogP contribution in [-0.4, -0.2) is 32.3 Å². The second-order valence-corrected chi connectivity index (χ2v) is 4.29. The second kappa shape index (κ2) is 6.69. The summed E-state index contributed by atoms with van der Waals surface area (Å²) >= 11 is 0. The molecule has 0 radical (unpaired) electrons. The number of ether oxygens (including phenoxy) is 1. The minimum absolute atomic E-state index is 0.185. The van der Waals surface area contributed by atoms with E-state index in [4.69, 9.17) is 4.74 Å². The molecule has 0 amide bonds. The van der Waals surface area contributed by atoms with Crippen molar-refractivity contribution in [3.05, 3.63) is 35.6 Å². The molecule has 0 spiro atoms. The molecule has 1 saturated heterocycles. The fourth-order valence-electron chi connectivity index (χ4n) is 1.90. The van der Waals surface area contributed by atoms with E-state index in [0.29, 0.717) is 6.10 Å². The van der Waals surface area contributed by atoms with Gasteiger partial charge in [-0.1, -0.05) is 12.1 Å². The van der Waals surface area contributed by atoms with Crippen molar-refractivity contribution in [3.63, 3.8) is 0 Å².